The van der Waals surface area contributed by atoms with E-state index in [0.717, 1.165) is 13.0 Å². The number of nitrogens with two attached hydrogens (primary N) is 1. The van der Waals surface area contributed by atoms with Crippen LogP contribution in [0.25, 0.3) is 6.08 Å². The van der Waals surface area contributed by atoms with Gasteiger partial charge in [0.2, 0.25) is 0 Å². The van der Waals surface area contributed by atoms with Crippen LogP contribution in [0.2, 0.25) is 0 Å². The monoisotopic (exact) mass is 186 g/mol. The molecule has 0 radical (unpaired) electrons. The van der Waals surface area contributed by atoms with Gasteiger partial charge in [-0.25, -0.2) is 0 Å². The van der Waals surface area contributed by atoms with Gasteiger partial charge in [-0.05, 0) is 31.1 Å². The van der Waals surface area contributed by atoms with Crippen LogP contribution in [0.1, 0.15) is 18.9 Å². The highest BCUT2D eigenvalue weighted by Crippen LogP contribution is 2.13. The largest absolute Gasteiger partial charge is 0.310 e. The van der Waals surface area contributed by atoms with Crippen LogP contribution in [0.5, 0.6) is 0 Å². The van der Waals surface area contributed by atoms with Gasteiger partial charge in [0.15, 0.2) is 0 Å². The van der Waals surface area contributed by atoms with E-state index in [1.165, 1.54) is 16.8 Å². The zero-order chi connectivity index (χ0) is 9.80. The maximum atomic E-state index is 2.30. The fourth-order valence-electron chi connectivity index (χ4n) is 1.67. The Kier molecular flexibility index (Phi) is 2.80. The van der Waals surface area contributed by atoms with Gasteiger partial charge in [-0.2, -0.15) is 0 Å². The van der Waals surface area contributed by atoms with E-state index >= 15 is 0 Å². The molecule has 1 aromatic rings. The Hall–Kier alpha value is -1.34. The summed E-state index contributed by atoms with van der Waals surface area (Å²) < 4.78 is 0. The van der Waals surface area contributed by atoms with Crippen molar-refractivity contribution in [3.8, 4) is 0 Å². The second-order valence-electron chi connectivity index (χ2n) is 3.73. The molecule has 1 nitrogen and oxygen atoms in total. The first-order valence-electron chi connectivity index (χ1n) is 5.11. The molecule has 0 fully saturated rings. The minimum Gasteiger partial charge on any atom is -0.310 e. The van der Waals surface area contributed by atoms with Crippen molar-refractivity contribution in [2.24, 2.45) is 0 Å². The molecule has 0 aromatic heterocycles. The van der Waals surface area contributed by atoms with Gasteiger partial charge in [-0.1, -0.05) is 30.4 Å². The molecule has 1 aliphatic rings. The number of rotatable bonds is 0. The van der Waals surface area contributed by atoms with Crippen molar-refractivity contribution in [2.75, 3.05) is 6.54 Å². The number of benzene rings is 1. The van der Waals surface area contributed by atoms with Crippen molar-refractivity contribution in [1.82, 2.24) is 0 Å². The average Bonchev–Trinajstić information content (AvgIpc) is 2.30. The lowest BCUT2D eigenvalue weighted by atomic mass is 10.1. The Bertz CT molecular complexity index is 375. The normalized spacial score (nSPS) is 22.2. The van der Waals surface area contributed by atoms with E-state index in [1.807, 2.05) is 0 Å². The van der Waals surface area contributed by atoms with Crippen LogP contribution in [-0.4, -0.2) is 6.54 Å². The van der Waals surface area contributed by atoms with Crippen molar-refractivity contribution < 1.29 is 5.32 Å². The van der Waals surface area contributed by atoms with Crippen molar-refractivity contribution in [3.05, 3.63) is 47.6 Å². The van der Waals surface area contributed by atoms with Crippen LogP contribution >= 0.6 is 0 Å². The number of hydrogen-bond acceptors (Lipinski definition) is 0. The molecule has 1 aliphatic heterocycles. The molecule has 0 saturated heterocycles. The molecule has 0 unspecified atom stereocenters. The van der Waals surface area contributed by atoms with Gasteiger partial charge in [0.1, 0.15) is 12.2 Å². The van der Waals surface area contributed by atoms with Gasteiger partial charge < -0.3 is 5.32 Å². The summed E-state index contributed by atoms with van der Waals surface area (Å²) in [6.07, 6.45) is 7.77. The highest BCUT2D eigenvalue weighted by molar-refractivity contribution is 5.60. The Morgan fingerprint density at radius 3 is 3.00 bits per heavy atom. The standard InChI is InChI=1S/C13H15N/c1-11-6-2-3-7-12-8-4-5-9-13(12)14-10-11/h3-9,14H,2,10H2,1H3/p+1/b7-3-,11-6-. The fraction of sp³-hybridized carbons (Fsp3) is 0.231. The Labute approximate surface area is 85.2 Å². The van der Waals surface area contributed by atoms with E-state index in [4.69, 9.17) is 0 Å². The zero-order valence-electron chi connectivity index (χ0n) is 8.53. The summed E-state index contributed by atoms with van der Waals surface area (Å²) in [4.78, 5) is 0. The van der Waals surface area contributed by atoms with Gasteiger partial charge in [0.05, 0.1) is 0 Å². The number of fused-ring (bicyclic) bond motifs is 1. The van der Waals surface area contributed by atoms with E-state index < -0.39 is 0 Å². The molecule has 0 bridgehead atoms. The van der Waals surface area contributed by atoms with Gasteiger partial charge >= 0.3 is 0 Å². The maximum absolute atomic E-state index is 2.30. The third-order valence-corrected chi connectivity index (χ3v) is 2.54. The van der Waals surface area contributed by atoms with Crippen LogP contribution in [0.4, 0.5) is 5.69 Å². The number of hydrogen-bond donors (Lipinski definition) is 1. The molecule has 0 aliphatic carbocycles. The summed E-state index contributed by atoms with van der Waals surface area (Å²) in [7, 11) is 0. The molecule has 0 atom stereocenters. The first-order chi connectivity index (χ1) is 6.86. The molecule has 72 valence electrons. The van der Waals surface area contributed by atoms with Crippen molar-refractivity contribution in [1.29, 1.82) is 0 Å². The van der Waals surface area contributed by atoms with E-state index in [1.54, 1.807) is 0 Å². The van der Waals surface area contributed by atoms with E-state index in [0.29, 0.717) is 0 Å². The van der Waals surface area contributed by atoms with E-state index in [2.05, 4.69) is 54.7 Å². The lowest BCUT2D eigenvalue weighted by molar-refractivity contribution is -0.563. The van der Waals surface area contributed by atoms with Gasteiger partial charge in [-0.3, -0.25) is 0 Å². The molecule has 0 saturated carbocycles. The Morgan fingerprint density at radius 2 is 2.07 bits per heavy atom. The number of quaternary nitrogens is 1. The van der Waals surface area contributed by atoms with Gasteiger partial charge in [-0.15, -0.1) is 0 Å². The SMILES string of the molecule is C/C1=C/C/C=C\c2ccccc2[NH2+]C1. The maximum Gasteiger partial charge on any atom is 0.137 e. The zero-order valence-corrected chi connectivity index (χ0v) is 8.53. The summed E-state index contributed by atoms with van der Waals surface area (Å²) >= 11 is 0. The molecule has 1 heterocycles. The molecule has 0 amide bonds. The number of para-hydroxylation sites is 1. The van der Waals surface area contributed by atoms with Crippen molar-refractivity contribution in [2.45, 2.75) is 13.3 Å². The fourth-order valence-corrected chi connectivity index (χ4v) is 1.67. The quantitative estimate of drug-likeness (QED) is 0.473. The first kappa shape index (κ1) is 9.22. The van der Waals surface area contributed by atoms with Gasteiger partial charge in [0, 0.05) is 5.56 Å². The van der Waals surface area contributed by atoms with Crippen LogP contribution in [-0.2, 0) is 0 Å². The second-order valence-corrected chi connectivity index (χ2v) is 3.73. The van der Waals surface area contributed by atoms with E-state index in [-0.39, 0.29) is 0 Å². The van der Waals surface area contributed by atoms with Crippen molar-refractivity contribution >= 4 is 11.8 Å². The molecule has 1 aromatic carbocycles. The summed E-state index contributed by atoms with van der Waals surface area (Å²) in [6.45, 7) is 3.26. The topological polar surface area (TPSA) is 16.6 Å². The second kappa shape index (κ2) is 4.25. The smallest absolute Gasteiger partial charge is 0.137 e. The lowest BCUT2D eigenvalue weighted by Crippen LogP contribution is -2.78. The molecule has 2 rings (SSSR count). The first-order valence-corrected chi connectivity index (χ1v) is 5.11. The third kappa shape index (κ3) is 2.12. The number of allylic oxidation sites excluding steroid dienone is 2. The molecule has 14 heavy (non-hydrogen) atoms. The summed E-state index contributed by atoms with van der Waals surface area (Å²) in [5.41, 5.74) is 4.13. The minimum absolute atomic E-state index is 1.05. The molecule has 2 N–H and O–H groups in total. The van der Waals surface area contributed by atoms with Crippen molar-refractivity contribution in [3.63, 3.8) is 0 Å². The molecule has 0 spiro atoms. The van der Waals surface area contributed by atoms with Crippen LogP contribution in [0, 0.1) is 0 Å². The highest BCUT2D eigenvalue weighted by atomic mass is 14.9. The average molecular weight is 186 g/mol. The van der Waals surface area contributed by atoms with Gasteiger partial charge in [0.25, 0.3) is 0 Å². The van der Waals surface area contributed by atoms with Crippen LogP contribution < -0.4 is 5.32 Å². The minimum atomic E-state index is 1.05. The Balaban J connectivity index is 2.32. The Morgan fingerprint density at radius 1 is 1.21 bits per heavy atom. The predicted molar refractivity (Wildman–Crippen MR) is 60.3 cm³/mol. The lowest BCUT2D eigenvalue weighted by Gasteiger charge is -2.03. The predicted octanol–water partition coefficient (Wildman–Crippen LogP) is 2.24. The van der Waals surface area contributed by atoms with Crippen LogP contribution in [0.15, 0.2) is 42.0 Å². The molecular formula is C13H16N+. The van der Waals surface area contributed by atoms with E-state index in [9.17, 15) is 0 Å². The molecule has 1 heteroatoms. The summed E-state index contributed by atoms with van der Waals surface area (Å²) in [6, 6.07) is 8.54. The summed E-state index contributed by atoms with van der Waals surface area (Å²) in [5, 5.41) is 2.30. The third-order valence-electron chi connectivity index (χ3n) is 2.54. The van der Waals surface area contributed by atoms with Crippen LogP contribution in [0.3, 0.4) is 0 Å². The molecular weight excluding hydrogens is 170 g/mol. The summed E-state index contributed by atoms with van der Waals surface area (Å²) in [5.74, 6) is 0. The highest BCUT2D eigenvalue weighted by Gasteiger charge is 2.03.